The van der Waals surface area contributed by atoms with E-state index < -0.39 is 0 Å². The van der Waals surface area contributed by atoms with Gasteiger partial charge in [-0.1, -0.05) is 25.0 Å². The number of amides is 1. The van der Waals surface area contributed by atoms with Gasteiger partial charge in [-0.3, -0.25) is 4.79 Å². The molecule has 0 heterocycles. The van der Waals surface area contributed by atoms with Crippen molar-refractivity contribution in [1.29, 1.82) is 0 Å². The Morgan fingerprint density at radius 3 is 2.64 bits per heavy atom. The summed E-state index contributed by atoms with van der Waals surface area (Å²) >= 11 is 0. The third kappa shape index (κ3) is 6.04. The summed E-state index contributed by atoms with van der Waals surface area (Å²) < 4.78 is 10.5. The number of allylic oxidation sites excluding steroid dienone is 2. The molecular formula is C18H25NO3. The Morgan fingerprint density at radius 1 is 1.23 bits per heavy atom. The monoisotopic (exact) mass is 303 g/mol. The zero-order valence-electron chi connectivity index (χ0n) is 13.8. The van der Waals surface area contributed by atoms with Gasteiger partial charge in [0.15, 0.2) is 0 Å². The number of nitrogens with one attached hydrogen (secondary N) is 1. The van der Waals surface area contributed by atoms with Crippen LogP contribution in [0.4, 0.5) is 0 Å². The van der Waals surface area contributed by atoms with E-state index in [0.29, 0.717) is 0 Å². The molecule has 0 saturated heterocycles. The average molecular weight is 303 g/mol. The molecule has 0 radical (unpaired) electrons. The van der Waals surface area contributed by atoms with E-state index in [-0.39, 0.29) is 5.91 Å². The fourth-order valence-corrected chi connectivity index (χ4v) is 1.89. The van der Waals surface area contributed by atoms with Crippen molar-refractivity contribution in [2.24, 2.45) is 0 Å². The Morgan fingerprint density at radius 2 is 2.00 bits per heavy atom. The summed E-state index contributed by atoms with van der Waals surface area (Å²) in [6.07, 6.45) is 7.38. The van der Waals surface area contributed by atoms with Gasteiger partial charge in [0.25, 0.3) is 0 Å². The van der Waals surface area contributed by atoms with E-state index in [2.05, 4.69) is 12.2 Å². The minimum Gasteiger partial charge on any atom is -0.497 e. The number of carbonyl (C=O) groups excluding carboxylic acids is 1. The van der Waals surface area contributed by atoms with Gasteiger partial charge >= 0.3 is 0 Å². The normalized spacial score (nSPS) is 11.5. The first-order chi connectivity index (χ1) is 10.6. The van der Waals surface area contributed by atoms with E-state index in [0.717, 1.165) is 42.0 Å². The molecule has 1 aromatic rings. The zero-order valence-corrected chi connectivity index (χ0v) is 13.8. The average Bonchev–Trinajstić information content (AvgIpc) is 2.53. The first kappa shape index (κ1) is 17.8. The largest absolute Gasteiger partial charge is 0.497 e. The Balaban J connectivity index is 2.74. The molecule has 1 N–H and O–H groups in total. The molecule has 4 nitrogen and oxygen atoms in total. The molecule has 1 rings (SSSR count). The van der Waals surface area contributed by atoms with Crippen LogP contribution in [0.15, 0.2) is 35.9 Å². The molecule has 0 fully saturated rings. The van der Waals surface area contributed by atoms with Gasteiger partial charge in [-0.15, -0.1) is 0 Å². The maximum atomic E-state index is 11.6. The number of unbranched alkanes of at least 4 members (excludes halogenated alkanes) is 1. The Hall–Kier alpha value is -2.23. The van der Waals surface area contributed by atoms with Gasteiger partial charge in [0, 0.05) is 24.3 Å². The van der Waals surface area contributed by atoms with E-state index in [1.807, 2.05) is 31.2 Å². The highest BCUT2D eigenvalue weighted by Crippen LogP contribution is 2.26. The molecule has 120 valence electrons. The standard InChI is InChI=1S/C18H25NO3/c1-5-6-11-19-18(20)10-7-14(2)12-15-8-9-16(21-3)13-17(15)22-4/h7-10,12-13H,5-6,11H2,1-4H3,(H,19,20)/b10-7+,14-12+. The molecule has 0 bridgehead atoms. The smallest absolute Gasteiger partial charge is 0.243 e. The maximum Gasteiger partial charge on any atom is 0.243 e. The number of rotatable bonds is 8. The lowest BCUT2D eigenvalue weighted by atomic mass is 10.1. The zero-order chi connectivity index (χ0) is 16.4. The lowest BCUT2D eigenvalue weighted by molar-refractivity contribution is -0.116. The molecular weight excluding hydrogens is 278 g/mol. The minimum absolute atomic E-state index is 0.0668. The fourth-order valence-electron chi connectivity index (χ4n) is 1.89. The first-order valence-electron chi connectivity index (χ1n) is 7.47. The number of hydrogen-bond acceptors (Lipinski definition) is 3. The quantitative estimate of drug-likeness (QED) is 0.453. The van der Waals surface area contributed by atoms with Crippen molar-refractivity contribution in [3.63, 3.8) is 0 Å². The van der Waals surface area contributed by atoms with Gasteiger partial charge in [0.1, 0.15) is 11.5 Å². The molecule has 0 aliphatic heterocycles. The summed E-state index contributed by atoms with van der Waals surface area (Å²) in [5, 5.41) is 2.85. The highest BCUT2D eigenvalue weighted by molar-refractivity contribution is 5.88. The van der Waals surface area contributed by atoms with Crippen molar-refractivity contribution in [2.75, 3.05) is 20.8 Å². The summed E-state index contributed by atoms with van der Waals surface area (Å²) in [6.45, 7) is 4.76. The van der Waals surface area contributed by atoms with Gasteiger partial charge in [-0.05, 0) is 31.6 Å². The van der Waals surface area contributed by atoms with Crippen molar-refractivity contribution < 1.29 is 14.3 Å². The lowest BCUT2D eigenvalue weighted by Crippen LogP contribution is -2.21. The Labute approximate surface area is 132 Å². The van der Waals surface area contributed by atoms with Crippen LogP contribution in [0, 0.1) is 0 Å². The molecule has 1 aromatic carbocycles. The van der Waals surface area contributed by atoms with Crippen LogP contribution in [0.3, 0.4) is 0 Å². The van der Waals surface area contributed by atoms with Crippen LogP contribution in [-0.4, -0.2) is 26.7 Å². The number of benzene rings is 1. The van der Waals surface area contributed by atoms with Crippen LogP contribution < -0.4 is 14.8 Å². The van der Waals surface area contributed by atoms with Crippen molar-refractivity contribution in [2.45, 2.75) is 26.7 Å². The molecule has 0 saturated carbocycles. The van der Waals surface area contributed by atoms with E-state index in [1.54, 1.807) is 26.4 Å². The predicted octanol–water partition coefficient (Wildman–Crippen LogP) is 3.58. The predicted molar refractivity (Wildman–Crippen MR) is 90.3 cm³/mol. The molecule has 0 atom stereocenters. The van der Waals surface area contributed by atoms with Gasteiger partial charge in [-0.25, -0.2) is 0 Å². The van der Waals surface area contributed by atoms with Crippen LogP contribution in [0.5, 0.6) is 11.5 Å². The minimum atomic E-state index is -0.0668. The van der Waals surface area contributed by atoms with Crippen molar-refractivity contribution in [3.05, 3.63) is 41.5 Å². The molecule has 0 unspecified atom stereocenters. The SMILES string of the molecule is CCCCNC(=O)/C=C/C(C)=C/c1ccc(OC)cc1OC. The third-order valence-corrected chi connectivity index (χ3v) is 3.15. The van der Waals surface area contributed by atoms with Gasteiger partial charge in [0.05, 0.1) is 14.2 Å². The van der Waals surface area contributed by atoms with E-state index in [1.165, 1.54) is 0 Å². The summed E-state index contributed by atoms with van der Waals surface area (Å²) in [7, 11) is 3.24. The Bertz CT molecular complexity index is 547. The molecule has 4 heteroatoms. The second kappa shape index (κ2) is 9.66. The van der Waals surface area contributed by atoms with Crippen LogP contribution in [0.2, 0.25) is 0 Å². The highest BCUT2D eigenvalue weighted by Gasteiger charge is 2.02. The van der Waals surface area contributed by atoms with Crippen molar-refractivity contribution in [1.82, 2.24) is 5.32 Å². The van der Waals surface area contributed by atoms with E-state index in [9.17, 15) is 4.79 Å². The molecule has 0 aromatic heterocycles. The van der Waals surface area contributed by atoms with Crippen LogP contribution in [0.1, 0.15) is 32.3 Å². The van der Waals surface area contributed by atoms with Crippen LogP contribution >= 0.6 is 0 Å². The van der Waals surface area contributed by atoms with Crippen molar-refractivity contribution in [3.8, 4) is 11.5 Å². The summed E-state index contributed by atoms with van der Waals surface area (Å²) in [4.78, 5) is 11.6. The molecule has 22 heavy (non-hydrogen) atoms. The summed E-state index contributed by atoms with van der Waals surface area (Å²) in [6, 6.07) is 5.64. The molecule has 0 spiro atoms. The van der Waals surface area contributed by atoms with Crippen LogP contribution in [0.25, 0.3) is 6.08 Å². The third-order valence-electron chi connectivity index (χ3n) is 3.15. The lowest BCUT2D eigenvalue weighted by Gasteiger charge is -2.07. The first-order valence-corrected chi connectivity index (χ1v) is 7.47. The summed E-state index contributed by atoms with van der Waals surface area (Å²) in [5.74, 6) is 1.42. The summed E-state index contributed by atoms with van der Waals surface area (Å²) in [5.41, 5.74) is 1.91. The van der Waals surface area contributed by atoms with Crippen LogP contribution in [-0.2, 0) is 4.79 Å². The fraction of sp³-hybridized carbons (Fsp3) is 0.389. The van der Waals surface area contributed by atoms with Crippen molar-refractivity contribution >= 4 is 12.0 Å². The molecule has 0 aliphatic rings. The maximum absolute atomic E-state index is 11.6. The number of carbonyl (C=O) groups is 1. The number of methoxy groups -OCH3 is 2. The topological polar surface area (TPSA) is 47.6 Å². The van der Waals surface area contributed by atoms with Gasteiger partial charge < -0.3 is 14.8 Å². The van der Waals surface area contributed by atoms with Gasteiger partial charge in [0.2, 0.25) is 5.91 Å². The second-order valence-corrected chi connectivity index (χ2v) is 4.97. The van der Waals surface area contributed by atoms with E-state index >= 15 is 0 Å². The molecule has 0 aliphatic carbocycles. The van der Waals surface area contributed by atoms with Gasteiger partial charge in [-0.2, -0.15) is 0 Å². The number of hydrogen-bond donors (Lipinski definition) is 1. The highest BCUT2D eigenvalue weighted by atomic mass is 16.5. The number of ether oxygens (including phenoxy) is 2. The van der Waals surface area contributed by atoms with E-state index in [4.69, 9.17) is 9.47 Å². The molecule has 1 amide bonds. The Kier molecular flexibility index (Phi) is 7.83. The second-order valence-electron chi connectivity index (χ2n) is 4.97.